The Balaban J connectivity index is 2.24. The molecule has 0 bridgehead atoms. The van der Waals surface area contributed by atoms with Crippen LogP contribution in [0, 0.1) is 0 Å². The zero-order chi connectivity index (χ0) is 13.8. The summed E-state index contributed by atoms with van der Waals surface area (Å²) >= 11 is 0. The van der Waals surface area contributed by atoms with Gasteiger partial charge >= 0.3 is 0 Å². The Morgan fingerprint density at radius 2 is 2.26 bits per heavy atom. The summed E-state index contributed by atoms with van der Waals surface area (Å²) in [7, 11) is 0. The van der Waals surface area contributed by atoms with Crippen LogP contribution < -0.4 is 21.1 Å². The Kier molecular flexibility index (Phi) is 4.39. The van der Waals surface area contributed by atoms with E-state index in [-0.39, 0.29) is 18.6 Å². The van der Waals surface area contributed by atoms with Gasteiger partial charge in [-0.25, -0.2) is 0 Å². The Hall–Kier alpha value is -1.59. The van der Waals surface area contributed by atoms with Crippen LogP contribution in [0.15, 0.2) is 18.2 Å². The summed E-state index contributed by atoms with van der Waals surface area (Å²) in [6, 6.07) is 5.96. The van der Waals surface area contributed by atoms with Crippen LogP contribution in [0.4, 0.5) is 5.69 Å². The van der Waals surface area contributed by atoms with Crippen molar-refractivity contribution in [2.45, 2.75) is 25.8 Å². The second-order valence-corrected chi connectivity index (χ2v) is 4.94. The van der Waals surface area contributed by atoms with Crippen molar-refractivity contribution in [3.05, 3.63) is 23.8 Å². The minimum absolute atomic E-state index is 0.0157. The fourth-order valence-electron chi connectivity index (χ4n) is 2.15. The number of carbonyl (C=O) groups excluding carboxylic acids is 1. The zero-order valence-electron chi connectivity index (χ0n) is 11.3. The van der Waals surface area contributed by atoms with Crippen LogP contribution in [0.5, 0.6) is 5.75 Å². The van der Waals surface area contributed by atoms with Crippen molar-refractivity contribution >= 4 is 11.6 Å². The molecule has 0 radical (unpaired) electrons. The van der Waals surface area contributed by atoms with Gasteiger partial charge in [-0.05, 0) is 44.0 Å². The number of hydrogen-bond acceptors (Lipinski definition) is 4. The van der Waals surface area contributed by atoms with Gasteiger partial charge in [0.15, 0.2) is 6.61 Å². The number of amides is 1. The van der Waals surface area contributed by atoms with Crippen molar-refractivity contribution in [1.82, 2.24) is 0 Å². The second-order valence-electron chi connectivity index (χ2n) is 4.94. The molecule has 0 saturated heterocycles. The van der Waals surface area contributed by atoms with Gasteiger partial charge in [-0.15, -0.1) is 0 Å². The van der Waals surface area contributed by atoms with Crippen LogP contribution in [0.3, 0.4) is 0 Å². The molecule has 104 valence electrons. The summed E-state index contributed by atoms with van der Waals surface area (Å²) in [6.07, 6.45) is 1.56. The van der Waals surface area contributed by atoms with E-state index in [2.05, 4.69) is 0 Å². The average Bonchev–Trinajstić information content (AvgIpc) is 2.37. The smallest absolute Gasteiger partial charge is 0.265 e. The van der Waals surface area contributed by atoms with E-state index in [1.54, 1.807) is 4.90 Å². The largest absolute Gasteiger partial charge is 0.482 e. The maximum absolute atomic E-state index is 12.0. The molecule has 19 heavy (non-hydrogen) atoms. The van der Waals surface area contributed by atoms with Crippen LogP contribution in [0.1, 0.15) is 18.9 Å². The summed E-state index contributed by atoms with van der Waals surface area (Å²) in [6.45, 7) is 3.26. The standard InChI is InChI=1S/C14H21N3O2/c1-10(16)5-7-17-12-8-11(4-6-15)2-3-13(12)19-9-14(17)18/h2-3,8,10H,4-7,9,15-16H2,1H3. The molecular formula is C14H21N3O2. The van der Waals surface area contributed by atoms with E-state index in [9.17, 15) is 4.79 Å². The molecule has 1 heterocycles. The first-order valence-corrected chi connectivity index (χ1v) is 6.63. The summed E-state index contributed by atoms with van der Waals surface area (Å²) in [4.78, 5) is 13.7. The molecule has 5 heteroatoms. The van der Waals surface area contributed by atoms with Gasteiger partial charge in [0, 0.05) is 12.6 Å². The molecule has 1 unspecified atom stereocenters. The molecule has 0 spiro atoms. The van der Waals surface area contributed by atoms with Gasteiger partial charge in [-0.3, -0.25) is 4.79 Å². The molecule has 0 fully saturated rings. The number of ether oxygens (including phenoxy) is 1. The highest BCUT2D eigenvalue weighted by Gasteiger charge is 2.25. The van der Waals surface area contributed by atoms with Crippen molar-refractivity contribution in [2.24, 2.45) is 11.5 Å². The van der Waals surface area contributed by atoms with Crippen molar-refractivity contribution in [3.8, 4) is 5.75 Å². The molecule has 1 amide bonds. The number of nitrogens with two attached hydrogens (primary N) is 2. The monoisotopic (exact) mass is 263 g/mol. The highest BCUT2D eigenvalue weighted by atomic mass is 16.5. The van der Waals surface area contributed by atoms with Crippen LogP contribution >= 0.6 is 0 Å². The number of rotatable bonds is 5. The van der Waals surface area contributed by atoms with E-state index in [0.29, 0.717) is 13.1 Å². The molecule has 0 aliphatic carbocycles. The molecule has 1 aromatic carbocycles. The SMILES string of the molecule is CC(N)CCN1C(=O)COc2ccc(CCN)cc21. The molecule has 0 aromatic heterocycles. The second kappa shape index (κ2) is 6.04. The molecule has 5 nitrogen and oxygen atoms in total. The molecule has 2 rings (SSSR count). The predicted molar refractivity (Wildman–Crippen MR) is 75.3 cm³/mol. The fourth-order valence-corrected chi connectivity index (χ4v) is 2.15. The first-order valence-electron chi connectivity index (χ1n) is 6.63. The first-order chi connectivity index (χ1) is 9.11. The lowest BCUT2D eigenvalue weighted by molar-refractivity contribution is -0.121. The van der Waals surface area contributed by atoms with E-state index in [4.69, 9.17) is 16.2 Å². The summed E-state index contributed by atoms with van der Waals surface area (Å²) < 4.78 is 5.45. The molecule has 4 N–H and O–H groups in total. The quantitative estimate of drug-likeness (QED) is 0.817. The van der Waals surface area contributed by atoms with Crippen LogP contribution in [0.25, 0.3) is 0 Å². The zero-order valence-corrected chi connectivity index (χ0v) is 11.3. The van der Waals surface area contributed by atoms with Gasteiger partial charge in [0.2, 0.25) is 0 Å². The van der Waals surface area contributed by atoms with Crippen LogP contribution in [-0.4, -0.2) is 31.6 Å². The summed E-state index contributed by atoms with van der Waals surface area (Å²) in [5.41, 5.74) is 13.3. The fraction of sp³-hybridized carbons (Fsp3) is 0.500. The number of anilines is 1. The Morgan fingerprint density at radius 1 is 1.47 bits per heavy atom. The minimum Gasteiger partial charge on any atom is -0.482 e. The van der Waals surface area contributed by atoms with Crippen molar-refractivity contribution in [3.63, 3.8) is 0 Å². The molecular weight excluding hydrogens is 242 g/mol. The van der Waals surface area contributed by atoms with Gasteiger partial charge < -0.3 is 21.1 Å². The topological polar surface area (TPSA) is 81.6 Å². The lowest BCUT2D eigenvalue weighted by Crippen LogP contribution is -2.41. The van der Waals surface area contributed by atoms with E-state index in [1.165, 1.54) is 0 Å². The normalized spacial score (nSPS) is 15.9. The van der Waals surface area contributed by atoms with Gasteiger partial charge in [0.25, 0.3) is 5.91 Å². The van der Waals surface area contributed by atoms with Crippen LogP contribution in [-0.2, 0) is 11.2 Å². The van der Waals surface area contributed by atoms with Gasteiger partial charge in [-0.2, -0.15) is 0 Å². The maximum atomic E-state index is 12.0. The van der Waals surface area contributed by atoms with Gasteiger partial charge in [0.1, 0.15) is 5.75 Å². The van der Waals surface area contributed by atoms with Crippen molar-refractivity contribution < 1.29 is 9.53 Å². The highest BCUT2D eigenvalue weighted by molar-refractivity contribution is 5.97. The van der Waals surface area contributed by atoms with Crippen molar-refractivity contribution in [2.75, 3.05) is 24.6 Å². The Bertz CT molecular complexity index is 460. The third-order valence-corrected chi connectivity index (χ3v) is 3.21. The number of benzene rings is 1. The summed E-state index contributed by atoms with van der Waals surface area (Å²) in [5.74, 6) is 0.739. The molecule has 1 aliphatic rings. The number of fused-ring (bicyclic) bond motifs is 1. The number of hydrogen-bond donors (Lipinski definition) is 2. The lowest BCUT2D eigenvalue weighted by atomic mass is 10.1. The third-order valence-electron chi connectivity index (χ3n) is 3.21. The average molecular weight is 263 g/mol. The van der Waals surface area contributed by atoms with E-state index < -0.39 is 0 Å². The lowest BCUT2D eigenvalue weighted by Gasteiger charge is -2.30. The molecule has 1 aromatic rings. The third kappa shape index (κ3) is 3.24. The predicted octanol–water partition coefficient (Wildman–Crippen LogP) is 0.651. The Morgan fingerprint density at radius 3 is 2.95 bits per heavy atom. The summed E-state index contributed by atoms with van der Waals surface area (Å²) in [5, 5.41) is 0. The van der Waals surface area contributed by atoms with Gasteiger partial charge in [-0.1, -0.05) is 6.07 Å². The first kappa shape index (κ1) is 13.8. The van der Waals surface area contributed by atoms with E-state index in [1.807, 2.05) is 25.1 Å². The molecule has 1 aliphatic heterocycles. The maximum Gasteiger partial charge on any atom is 0.265 e. The van der Waals surface area contributed by atoms with Crippen molar-refractivity contribution in [1.29, 1.82) is 0 Å². The number of nitrogens with zero attached hydrogens (tertiary/aromatic N) is 1. The van der Waals surface area contributed by atoms with E-state index >= 15 is 0 Å². The molecule has 0 saturated carbocycles. The minimum atomic E-state index is -0.0157. The Labute approximate surface area is 113 Å². The van der Waals surface area contributed by atoms with Gasteiger partial charge in [0.05, 0.1) is 5.69 Å². The highest BCUT2D eigenvalue weighted by Crippen LogP contribution is 2.33. The van der Waals surface area contributed by atoms with Crippen LogP contribution in [0.2, 0.25) is 0 Å². The van der Waals surface area contributed by atoms with E-state index in [0.717, 1.165) is 29.8 Å². The number of carbonyl (C=O) groups is 1. The molecule has 1 atom stereocenters.